The summed E-state index contributed by atoms with van der Waals surface area (Å²) in [7, 11) is 1.59. The van der Waals surface area contributed by atoms with Crippen molar-refractivity contribution in [3.8, 4) is 5.75 Å². The third-order valence-electron chi connectivity index (χ3n) is 6.23. The van der Waals surface area contributed by atoms with Crippen LogP contribution in [0.4, 0.5) is 5.13 Å². The van der Waals surface area contributed by atoms with Gasteiger partial charge in [-0.25, -0.2) is 9.78 Å². The molecular formula is C30H21N3O4S. The molecule has 0 N–H and O–H groups in total. The Hall–Kier alpha value is -4.82. The summed E-state index contributed by atoms with van der Waals surface area (Å²) in [4.78, 5) is 31.6. The number of carbonyl (C=O) groups is 1. The molecule has 0 radical (unpaired) electrons. The van der Waals surface area contributed by atoms with Crippen LogP contribution >= 0.6 is 11.3 Å². The second kappa shape index (κ2) is 9.57. The Labute approximate surface area is 221 Å². The summed E-state index contributed by atoms with van der Waals surface area (Å²) in [6.45, 7) is 1.99. The number of anilines is 1. The normalized spacial score (nSPS) is 11.5. The zero-order chi connectivity index (χ0) is 26.2. The first kappa shape index (κ1) is 23.6. The Morgan fingerprint density at radius 1 is 1.00 bits per heavy atom. The quantitative estimate of drug-likeness (QED) is 0.112. The van der Waals surface area contributed by atoms with Gasteiger partial charge in [-0.05, 0) is 53.6 Å². The molecule has 0 unspecified atom stereocenters. The molecule has 8 heteroatoms. The largest absolute Gasteiger partial charge is 0.497 e. The number of nitrogens with zero attached hydrogens (tertiary/aromatic N) is 3. The SMILES string of the molecule is COc1ccc2nc(N(/N=C/c3ccc(C)cc3)C(=O)c3cc4c(ccc5ccccc54)oc3=O)sc2c1. The fourth-order valence-electron chi connectivity index (χ4n) is 4.21. The van der Waals surface area contributed by atoms with Gasteiger partial charge in [0.05, 0.1) is 23.5 Å². The van der Waals surface area contributed by atoms with Crippen LogP contribution < -0.4 is 15.4 Å². The zero-order valence-corrected chi connectivity index (χ0v) is 21.4. The van der Waals surface area contributed by atoms with Crippen LogP contribution in [0, 0.1) is 6.92 Å². The van der Waals surface area contributed by atoms with E-state index in [2.05, 4.69) is 10.1 Å². The van der Waals surface area contributed by atoms with Gasteiger partial charge in [0.25, 0.3) is 5.91 Å². The number of rotatable bonds is 5. The highest BCUT2D eigenvalue weighted by atomic mass is 32.1. The van der Waals surface area contributed by atoms with Crippen molar-refractivity contribution in [1.29, 1.82) is 0 Å². The van der Waals surface area contributed by atoms with Crippen LogP contribution in [0.5, 0.6) is 5.75 Å². The number of hydrazone groups is 1. The summed E-state index contributed by atoms with van der Waals surface area (Å²) in [5, 5.41) is 8.48. The van der Waals surface area contributed by atoms with Crippen LogP contribution in [-0.2, 0) is 0 Å². The maximum atomic E-state index is 13.9. The number of thiazole rings is 1. The van der Waals surface area contributed by atoms with Crippen molar-refractivity contribution in [1.82, 2.24) is 4.98 Å². The van der Waals surface area contributed by atoms with Crippen LogP contribution in [0.2, 0.25) is 0 Å². The molecule has 0 fully saturated rings. The zero-order valence-electron chi connectivity index (χ0n) is 20.5. The van der Waals surface area contributed by atoms with E-state index in [1.54, 1.807) is 31.5 Å². The number of amides is 1. The van der Waals surface area contributed by atoms with Gasteiger partial charge in [-0.2, -0.15) is 10.1 Å². The minimum absolute atomic E-state index is 0.133. The number of carbonyl (C=O) groups excluding carboxylic acids is 1. The number of aromatic nitrogens is 1. The smallest absolute Gasteiger partial charge is 0.349 e. The number of fused-ring (bicyclic) bond motifs is 4. The minimum atomic E-state index is -0.740. The molecule has 0 saturated heterocycles. The van der Waals surface area contributed by atoms with E-state index in [4.69, 9.17) is 9.15 Å². The maximum Gasteiger partial charge on any atom is 0.349 e. The Bertz CT molecular complexity index is 1920. The van der Waals surface area contributed by atoms with Crippen LogP contribution in [0.15, 0.2) is 99.2 Å². The number of benzene rings is 4. The Balaban J connectivity index is 1.50. The molecule has 0 spiro atoms. The fraction of sp³-hybridized carbons (Fsp3) is 0.0667. The third-order valence-corrected chi connectivity index (χ3v) is 7.22. The van der Waals surface area contributed by atoms with E-state index in [9.17, 15) is 9.59 Å². The maximum absolute atomic E-state index is 13.9. The second-order valence-electron chi connectivity index (χ2n) is 8.75. The fourth-order valence-corrected chi connectivity index (χ4v) is 5.16. The Morgan fingerprint density at radius 3 is 2.63 bits per heavy atom. The summed E-state index contributed by atoms with van der Waals surface area (Å²) in [6.07, 6.45) is 1.57. The third kappa shape index (κ3) is 4.31. The molecule has 0 atom stereocenters. The van der Waals surface area contributed by atoms with E-state index >= 15 is 0 Å². The summed E-state index contributed by atoms with van der Waals surface area (Å²) in [6, 6.07) is 26.1. The van der Waals surface area contributed by atoms with E-state index in [-0.39, 0.29) is 5.56 Å². The monoisotopic (exact) mass is 519 g/mol. The van der Waals surface area contributed by atoms with E-state index in [0.29, 0.717) is 27.4 Å². The number of aryl methyl sites for hydroxylation is 1. The van der Waals surface area contributed by atoms with Gasteiger partial charge in [0.2, 0.25) is 5.13 Å². The molecule has 0 aliphatic heterocycles. The van der Waals surface area contributed by atoms with Crippen LogP contribution in [0.25, 0.3) is 32.0 Å². The molecule has 186 valence electrons. The second-order valence-corrected chi connectivity index (χ2v) is 9.76. The van der Waals surface area contributed by atoms with Crippen LogP contribution in [0.1, 0.15) is 21.5 Å². The van der Waals surface area contributed by atoms with E-state index in [0.717, 1.165) is 31.6 Å². The summed E-state index contributed by atoms with van der Waals surface area (Å²) in [5.41, 5.74) is 2.13. The minimum Gasteiger partial charge on any atom is -0.497 e. The van der Waals surface area contributed by atoms with Crippen LogP contribution in [0.3, 0.4) is 0 Å². The predicted molar refractivity (Wildman–Crippen MR) is 152 cm³/mol. The average molecular weight is 520 g/mol. The molecule has 1 amide bonds. The summed E-state index contributed by atoms with van der Waals surface area (Å²) in [5.74, 6) is 0.0405. The highest BCUT2D eigenvalue weighted by molar-refractivity contribution is 7.22. The highest BCUT2D eigenvalue weighted by Crippen LogP contribution is 2.33. The summed E-state index contributed by atoms with van der Waals surface area (Å²) < 4.78 is 11.7. The van der Waals surface area contributed by atoms with Gasteiger partial charge in [0.15, 0.2) is 0 Å². The van der Waals surface area contributed by atoms with Crippen molar-refractivity contribution >= 4 is 60.5 Å². The standard InChI is InChI=1S/C30H21N3O4S/c1-18-7-9-19(10-8-18)17-31-33(30-32-25-13-12-21(36-2)15-27(25)38-30)28(34)24-16-23-22-6-4-3-5-20(22)11-14-26(23)37-29(24)35/h3-17H,1-2H3/b31-17+. The molecule has 38 heavy (non-hydrogen) atoms. The lowest BCUT2D eigenvalue weighted by atomic mass is 10.0. The van der Waals surface area contributed by atoms with Gasteiger partial charge in [-0.1, -0.05) is 71.5 Å². The molecule has 0 bridgehead atoms. The topological polar surface area (TPSA) is 85.0 Å². The number of ether oxygens (including phenoxy) is 1. The van der Waals surface area contributed by atoms with Crippen molar-refractivity contribution in [2.24, 2.45) is 5.10 Å². The lowest BCUT2D eigenvalue weighted by Crippen LogP contribution is -2.30. The number of hydrogen-bond donors (Lipinski definition) is 0. The molecule has 4 aromatic carbocycles. The van der Waals surface area contributed by atoms with Gasteiger partial charge in [-0.15, -0.1) is 0 Å². The van der Waals surface area contributed by atoms with Crippen molar-refractivity contribution in [2.75, 3.05) is 12.1 Å². The van der Waals surface area contributed by atoms with Crippen molar-refractivity contribution < 1.29 is 13.9 Å². The average Bonchev–Trinajstić information content (AvgIpc) is 3.36. The van der Waals surface area contributed by atoms with Gasteiger partial charge in [0.1, 0.15) is 16.9 Å². The molecule has 0 aliphatic rings. The van der Waals surface area contributed by atoms with Crippen LogP contribution in [-0.4, -0.2) is 24.2 Å². The highest BCUT2D eigenvalue weighted by Gasteiger charge is 2.25. The Morgan fingerprint density at radius 2 is 1.82 bits per heavy atom. The lowest BCUT2D eigenvalue weighted by Gasteiger charge is -2.14. The van der Waals surface area contributed by atoms with E-state index in [1.165, 1.54) is 11.3 Å². The molecule has 6 aromatic rings. The molecule has 2 heterocycles. The Kier molecular flexibility index (Phi) is 5.94. The van der Waals surface area contributed by atoms with Gasteiger partial charge in [0, 0.05) is 5.39 Å². The van der Waals surface area contributed by atoms with Gasteiger partial charge < -0.3 is 9.15 Å². The molecule has 2 aromatic heterocycles. The predicted octanol–water partition coefficient (Wildman–Crippen LogP) is 6.55. The van der Waals surface area contributed by atoms with E-state index < -0.39 is 11.5 Å². The number of hydrogen-bond acceptors (Lipinski definition) is 7. The van der Waals surface area contributed by atoms with E-state index in [1.807, 2.05) is 73.7 Å². The van der Waals surface area contributed by atoms with Gasteiger partial charge >= 0.3 is 5.63 Å². The first-order chi connectivity index (χ1) is 18.5. The molecular weight excluding hydrogens is 498 g/mol. The first-order valence-electron chi connectivity index (χ1n) is 11.9. The van der Waals surface area contributed by atoms with Crippen molar-refractivity contribution in [3.63, 3.8) is 0 Å². The molecule has 7 nitrogen and oxygen atoms in total. The lowest BCUT2D eigenvalue weighted by molar-refractivity contribution is 0.0984. The molecule has 0 aliphatic carbocycles. The van der Waals surface area contributed by atoms with Crippen molar-refractivity contribution in [3.05, 3.63) is 112 Å². The van der Waals surface area contributed by atoms with Gasteiger partial charge in [-0.3, -0.25) is 4.79 Å². The van der Waals surface area contributed by atoms with Crippen molar-refractivity contribution in [2.45, 2.75) is 6.92 Å². The number of methoxy groups -OCH3 is 1. The molecule has 0 saturated carbocycles. The first-order valence-corrected chi connectivity index (χ1v) is 12.7. The summed E-state index contributed by atoms with van der Waals surface area (Å²) >= 11 is 1.28. The molecule has 6 rings (SSSR count).